The lowest BCUT2D eigenvalue weighted by atomic mass is 10.1. The minimum atomic E-state index is -0.0516. The summed E-state index contributed by atoms with van der Waals surface area (Å²) in [4.78, 5) is 15.1. The molecule has 0 saturated carbocycles. The first-order chi connectivity index (χ1) is 13.1. The molecular formula is C22H24N4O. The zero-order valence-corrected chi connectivity index (χ0v) is 15.7. The maximum atomic E-state index is 12.8. The number of fused-ring (bicyclic) bond motifs is 1. The van der Waals surface area contributed by atoms with Gasteiger partial charge in [-0.3, -0.25) is 9.48 Å². The summed E-state index contributed by atoms with van der Waals surface area (Å²) in [5, 5.41) is 7.35. The van der Waals surface area contributed by atoms with Gasteiger partial charge in [-0.15, -0.1) is 0 Å². The number of anilines is 1. The summed E-state index contributed by atoms with van der Waals surface area (Å²) in [5.41, 5.74) is 5.50. The van der Waals surface area contributed by atoms with Crippen molar-refractivity contribution in [2.45, 2.75) is 32.5 Å². The van der Waals surface area contributed by atoms with Gasteiger partial charge in [0, 0.05) is 43.1 Å². The predicted octanol–water partition coefficient (Wildman–Crippen LogP) is 3.82. The molecule has 1 aromatic heterocycles. The molecule has 0 fully saturated rings. The van der Waals surface area contributed by atoms with E-state index in [1.807, 2.05) is 37.6 Å². The number of hydrogen-bond donors (Lipinski definition) is 1. The number of carbonyl (C=O) groups is 1. The summed E-state index contributed by atoms with van der Waals surface area (Å²) in [7, 11) is 1.88. The lowest BCUT2D eigenvalue weighted by molar-refractivity contribution is 0.0935. The second-order valence-corrected chi connectivity index (χ2v) is 7.06. The quantitative estimate of drug-likeness (QED) is 0.752. The first-order valence-corrected chi connectivity index (χ1v) is 9.35. The Morgan fingerprint density at radius 1 is 1.15 bits per heavy atom. The highest BCUT2D eigenvalue weighted by Gasteiger charge is 2.20. The van der Waals surface area contributed by atoms with Crippen LogP contribution >= 0.6 is 0 Å². The average molecular weight is 360 g/mol. The number of hydrogen-bond acceptors (Lipinski definition) is 3. The van der Waals surface area contributed by atoms with E-state index in [0.29, 0.717) is 5.56 Å². The Hall–Kier alpha value is -3.08. The molecule has 2 heterocycles. The van der Waals surface area contributed by atoms with Crippen LogP contribution in [0.15, 0.2) is 60.9 Å². The predicted molar refractivity (Wildman–Crippen MR) is 106 cm³/mol. The average Bonchev–Trinajstić information content (AvgIpc) is 3.32. The summed E-state index contributed by atoms with van der Waals surface area (Å²) in [6.45, 7) is 3.83. The fourth-order valence-corrected chi connectivity index (χ4v) is 3.64. The Morgan fingerprint density at radius 2 is 1.89 bits per heavy atom. The first-order valence-electron chi connectivity index (χ1n) is 9.35. The van der Waals surface area contributed by atoms with Gasteiger partial charge < -0.3 is 10.2 Å². The molecule has 1 aliphatic heterocycles. The van der Waals surface area contributed by atoms with Crippen LogP contribution in [-0.2, 0) is 20.1 Å². The second kappa shape index (κ2) is 7.27. The number of aromatic nitrogens is 2. The van der Waals surface area contributed by atoms with Crippen molar-refractivity contribution < 1.29 is 4.79 Å². The smallest absolute Gasteiger partial charge is 0.251 e. The Morgan fingerprint density at radius 3 is 2.52 bits per heavy atom. The van der Waals surface area contributed by atoms with Crippen LogP contribution in [0.25, 0.3) is 0 Å². The summed E-state index contributed by atoms with van der Waals surface area (Å²) < 4.78 is 1.76. The molecule has 0 bridgehead atoms. The zero-order chi connectivity index (χ0) is 18.8. The molecule has 27 heavy (non-hydrogen) atoms. The van der Waals surface area contributed by atoms with Gasteiger partial charge in [0.2, 0.25) is 0 Å². The largest absolute Gasteiger partial charge is 0.363 e. The molecule has 0 radical (unpaired) electrons. The molecular weight excluding hydrogens is 336 g/mol. The zero-order valence-electron chi connectivity index (χ0n) is 15.7. The van der Waals surface area contributed by atoms with Crippen molar-refractivity contribution >= 4 is 11.6 Å². The van der Waals surface area contributed by atoms with Gasteiger partial charge in [0.1, 0.15) is 0 Å². The third-order valence-corrected chi connectivity index (χ3v) is 5.16. The highest BCUT2D eigenvalue weighted by molar-refractivity contribution is 5.95. The van der Waals surface area contributed by atoms with Crippen molar-refractivity contribution in [1.29, 1.82) is 0 Å². The third kappa shape index (κ3) is 3.58. The SMILES string of the molecule is CC[C@H](NC(=O)c1cccc(N2Cc3ccccc3C2)c1)c1cnn(C)c1. The summed E-state index contributed by atoms with van der Waals surface area (Å²) in [6, 6.07) is 16.3. The first kappa shape index (κ1) is 17.3. The van der Waals surface area contributed by atoms with Gasteiger partial charge in [0.15, 0.2) is 0 Å². The molecule has 0 aliphatic carbocycles. The molecule has 1 aliphatic rings. The molecule has 1 atom stereocenters. The Kier molecular flexibility index (Phi) is 4.67. The van der Waals surface area contributed by atoms with E-state index in [1.165, 1.54) is 11.1 Å². The van der Waals surface area contributed by atoms with Crippen molar-refractivity contribution in [3.63, 3.8) is 0 Å². The fraction of sp³-hybridized carbons (Fsp3) is 0.273. The highest BCUT2D eigenvalue weighted by Crippen LogP contribution is 2.28. The number of aryl methyl sites for hydroxylation is 1. The number of carbonyl (C=O) groups excluding carboxylic acids is 1. The van der Waals surface area contributed by atoms with Crippen molar-refractivity contribution in [2.24, 2.45) is 7.05 Å². The van der Waals surface area contributed by atoms with Crippen molar-refractivity contribution in [1.82, 2.24) is 15.1 Å². The summed E-state index contributed by atoms with van der Waals surface area (Å²) in [5.74, 6) is -0.0516. The number of nitrogens with one attached hydrogen (secondary N) is 1. The highest BCUT2D eigenvalue weighted by atomic mass is 16.1. The van der Waals surface area contributed by atoms with Crippen LogP contribution in [0.5, 0.6) is 0 Å². The van der Waals surface area contributed by atoms with E-state index in [1.54, 1.807) is 4.68 Å². The van der Waals surface area contributed by atoms with E-state index >= 15 is 0 Å². The molecule has 1 amide bonds. The van der Waals surface area contributed by atoms with Crippen molar-refractivity contribution in [3.05, 3.63) is 83.2 Å². The molecule has 1 N–H and O–H groups in total. The lowest BCUT2D eigenvalue weighted by Crippen LogP contribution is -2.28. The monoisotopic (exact) mass is 360 g/mol. The number of benzene rings is 2. The third-order valence-electron chi connectivity index (χ3n) is 5.16. The second-order valence-electron chi connectivity index (χ2n) is 7.06. The summed E-state index contributed by atoms with van der Waals surface area (Å²) in [6.07, 6.45) is 4.58. The van der Waals surface area contributed by atoms with E-state index in [-0.39, 0.29) is 11.9 Å². The van der Waals surface area contributed by atoms with E-state index in [0.717, 1.165) is 30.8 Å². The normalized spacial score (nSPS) is 14.1. The molecule has 5 nitrogen and oxygen atoms in total. The van der Waals surface area contributed by atoms with Gasteiger partial charge in [-0.1, -0.05) is 37.3 Å². The molecule has 0 spiro atoms. The van der Waals surface area contributed by atoms with Crippen molar-refractivity contribution in [2.75, 3.05) is 4.90 Å². The molecule has 5 heteroatoms. The molecule has 2 aromatic carbocycles. The Labute approximate surface area is 159 Å². The van der Waals surface area contributed by atoms with Crippen LogP contribution in [0.2, 0.25) is 0 Å². The van der Waals surface area contributed by atoms with Gasteiger partial charge in [0.25, 0.3) is 5.91 Å². The standard InChI is InChI=1S/C22H24N4O/c1-3-21(19-12-23-25(2)13-19)24-22(27)16-9-6-10-20(11-16)26-14-17-7-4-5-8-18(17)15-26/h4-13,21H,3,14-15H2,1-2H3,(H,24,27)/t21-/m0/s1. The van der Waals surface area contributed by atoms with Crippen LogP contribution in [0.4, 0.5) is 5.69 Å². The van der Waals surface area contributed by atoms with Crippen LogP contribution in [-0.4, -0.2) is 15.7 Å². The lowest BCUT2D eigenvalue weighted by Gasteiger charge is -2.19. The van der Waals surface area contributed by atoms with Crippen LogP contribution in [0, 0.1) is 0 Å². The minimum absolute atomic E-state index is 0.0362. The number of amides is 1. The van der Waals surface area contributed by atoms with Crippen molar-refractivity contribution in [3.8, 4) is 0 Å². The van der Waals surface area contributed by atoms with Gasteiger partial charge in [-0.05, 0) is 35.7 Å². The van der Waals surface area contributed by atoms with Gasteiger partial charge >= 0.3 is 0 Å². The number of rotatable bonds is 5. The molecule has 3 aromatic rings. The number of nitrogens with zero attached hydrogens (tertiary/aromatic N) is 3. The van der Waals surface area contributed by atoms with Gasteiger partial charge in [0.05, 0.1) is 12.2 Å². The van der Waals surface area contributed by atoms with E-state index in [9.17, 15) is 4.79 Å². The van der Waals surface area contributed by atoms with E-state index < -0.39 is 0 Å². The maximum Gasteiger partial charge on any atom is 0.251 e. The van der Waals surface area contributed by atoms with Crippen LogP contribution < -0.4 is 10.2 Å². The maximum absolute atomic E-state index is 12.8. The van der Waals surface area contributed by atoms with Crippen LogP contribution in [0.1, 0.15) is 46.4 Å². The summed E-state index contributed by atoms with van der Waals surface area (Å²) >= 11 is 0. The van der Waals surface area contributed by atoms with E-state index in [2.05, 4.69) is 52.6 Å². The molecule has 0 unspecified atom stereocenters. The topological polar surface area (TPSA) is 50.2 Å². The Bertz CT molecular complexity index is 937. The fourth-order valence-electron chi connectivity index (χ4n) is 3.64. The Balaban J connectivity index is 1.50. The van der Waals surface area contributed by atoms with Gasteiger partial charge in [-0.2, -0.15) is 5.10 Å². The molecule has 138 valence electrons. The van der Waals surface area contributed by atoms with Crippen LogP contribution in [0.3, 0.4) is 0 Å². The van der Waals surface area contributed by atoms with Gasteiger partial charge in [-0.25, -0.2) is 0 Å². The molecule has 0 saturated heterocycles. The molecule has 4 rings (SSSR count). The minimum Gasteiger partial charge on any atom is -0.363 e. The van der Waals surface area contributed by atoms with E-state index in [4.69, 9.17) is 0 Å².